The zero-order chi connectivity index (χ0) is 10.6. The van der Waals surface area contributed by atoms with Gasteiger partial charge in [0.25, 0.3) is 20.2 Å². The molecule has 0 aromatic heterocycles. The first kappa shape index (κ1) is 14.3. The summed E-state index contributed by atoms with van der Waals surface area (Å²) in [6.07, 6.45) is 0.715. The summed E-state index contributed by atoms with van der Waals surface area (Å²) in [5.41, 5.74) is 4.73. The Balaban J connectivity index is 0. The molecule has 76 valence electrons. The summed E-state index contributed by atoms with van der Waals surface area (Å²) in [6, 6.07) is 0. The second-order valence-corrected chi connectivity index (χ2v) is 5.19. The van der Waals surface area contributed by atoms with Gasteiger partial charge in [-0.15, -0.1) is 0 Å². The second-order valence-electron chi connectivity index (χ2n) is 1.95. The molecule has 0 aromatic carbocycles. The molecule has 9 heteroatoms. The minimum absolute atomic E-state index is 0.715. The van der Waals surface area contributed by atoms with Crippen LogP contribution >= 0.6 is 0 Å². The van der Waals surface area contributed by atoms with Crippen molar-refractivity contribution in [2.75, 3.05) is 6.26 Å². The van der Waals surface area contributed by atoms with Gasteiger partial charge in [-0.1, -0.05) is 0 Å². The van der Waals surface area contributed by atoms with E-state index < -0.39 is 25.6 Å². The van der Waals surface area contributed by atoms with Gasteiger partial charge in [0, 0.05) is 0 Å². The first-order chi connectivity index (χ1) is 4.94. The van der Waals surface area contributed by atoms with Gasteiger partial charge in [0.05, 0.1) is 6.26 Å². The summed E-state index contributed by atoms with van der Waals surface area (Å²) in [4.78, 5) is 0. The van der Waals surface area contributed by atoms with E-state index in [1.54, 1.807) is 0 Å². The molecule has 0 rings (SSSR count). The second kappa shape index (κ2) is 4.72. The largest absolute Gasteiger partial charge is 0.313 e. The fourth-order valence-corrected chi connectivity index (χ4v) is 0. The molecule has 0 aromatic rings. The molecule has 4 N–H and O–H groups in total. The summed E-state index contributed by atoms with van der Waals surface area (Å²) >= 11 is 0. The van der Waals surface area contributed by atoms with E-state index in [0.29, 0.717) is 6.26 Å². The third-order valence-electron chi connectivity index (χ3n) is 0.470. The van der Waals surface area contributed by atoms with Crippen molar-refractivity contribution in [3.8, 4) is 0 Å². The molecule has 0 radical (unpaired) electrons. The van der Waals surface area contributed by atoms with Crippen LogP contribution in [0.1, 0.15) is 6.92 Å². The smallest absolute Gasteiger partial charge is 0.280 e. The van der Waals surface area contributed by atoms with Crippen molar-refractivity contribution < 1.29 is 25.9 Å². The molecule has 0 saturated heterocycles. The van der Waals surface area contributed by atoms with E-state index in [9.17, 15) is 16.8 Å². The van der Waals surface area contributed by atoms with Crippen LogP contribution in [-0.2, 0) is 20.2 Å². The quantitative estimate of drug-likeness (QED) is 0.467. The molecule has 0 bridgehead atoms. The molecule has 0 heterocycles. The van der Waals surface area contributed by atoms with E-state index in [4.69, 9.17) is 14.8 Å². The third kappa shape index (κ3) is 22.6. The van der Waals surface area contributed by atoms with Crippen molar-refractivity contribution in [2.45, 2.75) is 12.3 Å². The molecular weight excluding hydrogens is 210 g/mol. The molecule has 0 aliphatic rings. The number of rotatable bonds is 1. The maximum Gasteiger partial charge on any atom is 0.280 e. The topological polar surface area (TPSA) is 135 Å². The highest BCUT2D eigenvalue weighted by molar-refractivity contribution is 7.86. The van der Waals surface area contributed by atoms with E-state index in [1.807, 2.05) is 0 Å². The standard InChI is InChI=1S/C2H7NO3S.CH4O3S/c1-2(3)7(4,5)6;1-5(2,3)4/h2H,3H2,1H3,(H,4,5,6);1H3,(H,2,3,4). The van der Waals surface area contributed by atoms with Crippen LogP contribution in [0, 0.1) is 0 Å². The van der Waals surface area contributed by atoms with Crippen LogP contribution < -0.4 is 5.73 Å². The summed E-state index contributed by atoms with van der Waals surface area (Å²) in [5, 5.41) is -1.17. The van der Waals surface area contributed by atoms with Gasteiger partial charge >= 0.3 is 0 Å². The predicted octanol–water partition coefficient (Wildman–Crippen LogP) is -1.32. The molecule has 0 aliphatic carbocycles. The van der Waals surface area contributed by atoms with Crippen LogP contribution in [0.3, 0.4) is 0 Å². The van der Waals surface area contributed by atoms with E-state index in [-0.39, 0.29) is 0 Å². The van der Waals surface area contributed by atoms with Gasteiger partial charge in [-0.05, 0) is 6.92 Å². The Bertz CT molecular complexity index is 292. The van der Waals surface area contributed by atoms with E-state index >= 15 is 0 Å². The zero-order valence-corrected chi connectivity index (χ0v) is 8.13. The van der Waals surface area contributed by atoms with Crippen LogP contribution in [0.5, 0.6) is 0 Å². The fraction of sp³-hybridized carbons (Fsp3) is 1.00. The SMILES string of the molecule is CC(N)S(=O)(=O)O.CS(=O)(=O)O. The minimum atomic E-state index is -3.96. The highest BCUT2D eigenvalue weighted by atomic mass is 32.2. The normalized spacial score (nSPS) is 14.4. The first-order valence-corrected chi connectivity index (χ1v) is 5.94. The van der Waals surface area contributed by atoms with Crippen LogP contribution in [0.4, 0.5) is 0 Å². The van der Waals surface area contributed by atoms with Crippen LogP contribution in [0.25, 0.3) is 0 Å². The molecule has 0 aliphatic heterocycles. The third-order valence-corrected chi connectivity index (χ3v) is 1.41. The molecule has 0 saturated carbocycles. The molecule has 1 unspecified atom stereocenters. The minimum Gasteiger partial charge on any atom is -0.313 e. The van der Waals surface area contributed by atoms with Crippen molar-refractivity contribution in [3.05, 3.63) is 0 Å². The van der Waals surface area contributed by atoms with Gasteiger partial charge in [-0.25, -0.2) is 0 Å². The van der Waals surface area contributed by atoms with Gasteiger partial charge < -0.3 is 5.73 Å². The lowest BCUT2D eigenvalue weighted by Crippen LogP contribution is -2.25. The van der Waals surface area contributed by atoms with Crippen LogP contribution in [-0.4, -0.2) is 37.6 Å². The Morgan fingerprint density at radius 1 is 1.17 bits per heavy atom. The average molecular weight is 221 g/mol. The van der Waals surface area contributed by atoms with Gasteiger partial charge in [-0.2, -0.15) is 16.8 Å². The van der Waals surface area contributed by atoms with Gasteiger partial charge in [0.1, 0.15) is 5.37 Å². The molecule has 12 heavy (non-hydrogen) atoms. The van der Waals surface area contributed by atoms with Crippen molar-refractivity contribution in [2.24, 2.45) is 5.73 Å². The highest BCUT2D eigenvalue weighted by Crippen LogP contribution is 1.84. The summed E-state index contributed by atoms with van der Waals surface area (Å²) in [6.45, 7) is 1.19. The monoisotopic (exact) mass is 221 g/mol. The van der Waals surface area contributed by atoms with Crippen LogP contribution in [0.15, 0.2) is 0 Å². The molecule has 1 atom stereocenters. The first-order valence-electron chi connectivity index (χ1n) is 2.59. The summed E-state index contributed by atoms with van der Waals surface area (Å²) in [5.74, 6) is 0. The van der Waals surface area contributed by atoms with Crippen molar-refractivity contribution in [3.63, 3.8) is 0 Å². The van der Waals surface area contributed by atoms with Crippen molar-refractivity contribution >= 4 is 20.2 Å². The van der Waals surface area contributed by atoms with Gasteiger partial charge in [-0.3, -0.25) is 9.11 Å². The number of nitrogens with two attached hydrogens (primary N) is 1. The Labute approximate surface area is 71.1 Å². The molecule has 7 nitrogen and oxygen atoms in total. The Morgan fingerprint density at radius 2 is 1.25 bits per heavy atom. The number of hydrogen-bond acceptors (Lipinski definition) is 5. The Hall–Kier alpha value is -0.220. The summed E-state index contributed by atoms with van der Waals surface area (Å²) < 4.78 is 53.3. The van der Waals surface area contributed by atoms with Gasteiger partial charge in [0.2, 0.25) is 0 Å². The lowest BCUT2D eigenvalue weighted by atomic mass is 10.8. The maximum atomic E-state index is 9.76. The number of hydrogen-bond donors (Lipinski definition) is 3. The van der Waals surface area contributed by atoms with E-state index in [2.05, 4.69) is 0 Å². The van der Waals surface area contributed by atoms with E-state index in [0.717, 1.165) is 0 Å². The molecular formula is C3H11NO6S2. The summed E-state index contributed by atoms with van der Waals surface area (Å²) in [7, 11) is -7.63. The van der Waals surface area contributed by atoms with Crippen LogP contribution in [0.2, 0.25) is 0 Å². The highest BCUT2D eigenvalue weighted by Gasteiger charge is 2.09. The molecule has 0 amide bonds. The average Bonchev–Trinajstić information content (AvgIpc) is 1.55. The zero-order valence-electron chi connectivity index (χ0n) is 6.50. The van der Waals surface area contributed by atoms with Crippen molar-refractivity contribution in [1.29, 1.82) is 0 Å². The van der Waals surface area contributed by atoms with Gasteiger partial charge in [0.15, 0.2) is 0 Å². The molecule has 0 spiro atoms. The molecule has 0 fully saturated rings. The van der Waals surface area contributed by atoms with Crippen molar-refractivity contribution in [1.82, 2.24) is 0 Å². The lowest BCUT2D eigenvalue weighted by molar-refractivity contribution is 0.471. The Morgan fingerprint density at radius 3 is 1.25 bits per heavy atom. The van der Waals surface area contributed by atoms with E-state index in [1.165, 1.54) is 6.92 Å². The Kier molecular flexibility index (Phi) is 5.63. The fourth-order valence-electron chi connectivity index (χ4n) is 0. The maximum absolute atomic E-state index is 9.76. The predicted molar refractivity (Wildman–Crippen MR) is 42.7 cm³/mol. The lowest BCUT2D eigenvalue weighted by Gasteiger charge is -1.95.